The number of rotatable bonds is 5. The number of carbonyl (C=O) groups is 1. The van der Waals surface area contributed by atoms with E-state index in [4.69, 9.17) is 0 Å². The van der Waals surface area contributed by atoms with Crippen molar-refractivity contribution in [3.8, 4) is 5.69 Å². The maximum absolute atomic E-state index is 13.3. The van der Waals surface area contributed by atoms with Crippen LogP contribution in [-0.2, 0) is 21.4 Å². The summed E-state index contributed by atoms with van der Waals surface area (Å²) in [6, 6.07) is 14.7. The van der Waals surface area contributed by atoms with Crippen LogP contribution in [0.15, 0.2) is 70.7 Å². The van der Waals surface area contributed by atoms with Crippen molar-refractivity contribution in [1.82, 2.24) is 14.1 Å². The first kappa shape index (κ1) is 21.6. The molecule has 4 rings (SSSR count). The molecule has 162 valence electrons. The average Bonchev–Trinajstić information content (AvgIpc) is 3.11. The Hall–Kier alpha value is -2.62. The number of aromatic nitrogens is 2. The van der Waals surface area contributed by atoms with Gasteiger partial charge >= 0.3 is 0 Å². The number of para-hydroxylation sites is 1. The summed E-state index contributed by atoms with van der Waals surface area (Å²) in [5.41, 5.74) is 2.36. The van der Waals surface area contributed by atoms with Gasteiger partial charge < -0.3 is 4.90 Å². The van der Waals surface area contributed by atoms with Gasteiger partial charge in [-0.2, -0.15) is 9.40 Å². The van der Waals surface area contributed by atoms with Gasteiger partial charge in [0.05, 0.1) is 22.5 Å². The Morgan fingerprint density at radius 1 is 1.19 bits per heavy atom. The van der Waals surface area contributed by atoms with Gasteiger partial charge in [0.15, 0.2) is 0 Å². The highest BCUT2D eigenvalue weighted by atomic mass is 32.2. The van der Waals surface area contributed by atoms with E-state index in [0.717, 1.165) is 28.3 Å². The Morgan fingerprint density at radius 2 is 1.97 bits per heavy atom. The number of thioether (sulfide) groups is 1. The van der Waals surface area contributed by atoms with Crippen LogP contribution in [0.2, 0.25) is 0 Å². The summed E-state index contributed by atoms with van der Waals surface area (Å²) in [5, 5.41) is 4.34. The number of benzene rings is 2. The number of hydrogen-bond donors (Lipinski definition) is 0. The van der Waals surface area contributed by atoms with E-state index in [0.29, 0.717) is 12.2 Å². The number of nitrogens with zero attached hydrogens (tertiary/aromatic N) is 4. The molecule has 0 saturated heterocycles. The first-order chi connectivity index (χ1) is 14.9. The highest BCUT2D eigenvalue weighted by Gasteiger charge is 2.26. The molecule has 0 unspecified atom stereocenters. The van der Waals surface area contributed by atoms with Crippen LogP contribution in [0.25, 0.3) is 5.69 Å². The molecule has 0 N–H and O–H groups in total. The molecule has 0 aliphatic carbocycles. The lowest BCUT2D eigenvalue weighted by Crippen LogP contribution is -2.30. The Bertz CT molecular complexity index is 1190. The minimum Gasteiger partial charge on any atom is -0.311 e. The van der Waals surface area contributed by atoms with Gasteiger partial charge in [-0.25, -0.2) is 13.1 Å². The van der Waals surface area contributed by atoms with E-state index in [9.17, 15) is 13.2 Å². The third-order valence-corrected chi connectivity index (χ3v) is 8.10. The number of hydrogen-bond acceptors (Lipinski definition) is 5. The van der Waals surface area contributed by atoms with Gasteiger partial charge in [-0.05, 0) is 42.5 Å². The molecule has 0 spiro atoms. The lowest BCUT2D eigenvalue weighted by atomic mass is 10.2. The molecule has 0 atom stereocenters. The molecule has 0 saturated carbocycles. The predicted molar refractivity (Wildman–Crippen MR) is 122 cm³/mol. The second kappa shape index (κ2) is 8.86. The van der Waals surface area contributed by atoms with E-state index in [-0.39, 0.29) is 17.3 Å². The van der Waals surface area contributed by atoms with Gasteiger partial charge in [-0.15, -0.1) is 11.8 Å². The molecule has 0 radical (unpaired) electrons. The van der Waals surface area contributed by atoms with Crippen LogP contribution in [0.4, 0.5) is 5.69 Å². The Balaban J connectivity index is 1.58. The fourth-order valence-corrected chi connectivity index (χ4v) is 5.68. The van der Waals surface area contributed by atoms with Crippen molar-refractivity contribution in [2.75, 3.05) is 24.2 Å². The van der Waals surface area contributed by atoms with Crippen LogP contribution in [0.3, 0.4) is 0 Å². The number of fused-ring (bicyclic) bond motifs is 1. The summed E-state index contributed by atoms with van der Waals surface area (Å²) in [6.07, 6.45) is 4.36. The largest absolute Gasteiger partial charge is 0.311 e. The fraction of sp³-hybridized carbons (Fsp3) is 0.273. The summed E-state index contributed by atoms with van der Waals surface area (Å²) in [5.74, 6) is 0.814. The SMILES string of the molecule is CC(=O)N1CCCSc2ccc(S(=O)(=O)N(C)Cc3cnn(-c4ccccc4)c3)cc21. The summed E-state index contributed by atoms with van der Waals surface area (Å²) in [6.45, 7) is 2.29. The third-order valence-electron chi connectivity index (χ3n) is 5.16. The van der Waals surface area contributed by atoms with Crippen LogP contribution < -0.4 is 4.90 Å². The number of sulfonamides is 1. The topological polar surface area (TPSA) is 75.5 Å². The average molecular weight is 457 g/mol. The molecule has 1 aliphatic heterocycles. The maximum atomic E-state index is 13.3. The fourth-order valence-electron chi connectivity index (χ4n) is 3.53. The predicted octanol–water partition coefficient (Wildman–Crippen LogP) is 3.54. The molecule has 2 aromatic carbocycles. The lowest BCUT2D eigenvalue weighted by Gasteiger charge is -2.23. The van der Waals surface area contributed by atoms with Crippen LogP contribution in [0.5, 0.6) is 0 Å². The van der Waals surface area contributed by atoms with Crippen molar-refractivity contribution in [1.29, 1.82) is 0 Å². The smallest absolute Gasteiger partial charge is 0.243 e. The Kier molecular flexibility index (Phi) is 6.17. The van der Waals surface area contributed by atoms with Gasteiger partial charge in [0, 0.05) is 43.7 Å². The zero-order valence-electron chi connectivity index (χ0n) is 17.4. The van der Waals surface area contributed by atoms with Gasteiger partial charge in [0.1, 0.15) is 0 Å². The van der Waals surface area contributed by atoms with Gasteiger partial charge in [0.2, 0.25) is 15.9 Å². The monoisotopic (exact) mass is 456 g/mol. The Morgan fingerprint density at radius 3 is 2.71 bits per heavy atom. The third kappa shape index (κ3) is 4.53. The van der Waals surface area contributed by atoms with E-state index in [2.05, 4.69) is 5.10 Å². The number of anilines is 1. The molecule has 0 bridgehead atoms. The van der Waals surface area contributed by atoms with Crippen molar-refractivity contribution in [2.24, 2.45) is 0 Å². The molecule has 31 heavy (non-hydrogen) atoms. The van der Waals surface area contributed by atoms with E-state index < -0.39 is 10.0 Å². The standard InChI is InChI=1S/C22H24N4O3S2/c1-17(27)25-11-6-12-30-22-10-9-20(13-21(22)25)31(28,29)24(2)15-18-14-23-26(16-18)19-7-4-3-5-8-19/h3-5,7-10,13-14,16H,6,11-12,15H2,1-2H3. The second-order valence-electron chi connectivity index (χ2n) is 7.39. The van der Waals surface area contributed by atoms with Crippen molar-refractivity contribution in [3.63, 3.8) is 0 Å². The maximum Gasteiger partial charge on any atom is 0.243 e. The first-order valence-corrected chi connectivity index (χ1v) is 12.4. The van der Waals surface area contributed by atoms with Crippen molar-refractivity contribution >= 4 is 33.4 Å². The lowest BCUT2D eigenvalue weighted by molar-refractivity contribution is -0.116. The summed E-state index contributed by atoms with van der Waals surface area (Å²) >= 11 is 1.65. The molecule has 3 aromatic rings. The molecular weight excluding hydrogens is 432 g/mol. The zero-order chi connectivity index (χ0) is 22.0. The van der Waals surface area contributed by atoms with Crippen LogP contribution >= 0.6 is 11.8 Å². The van der Waals surface area contributed by atoms with Gasteiger partial charge in [0.25, 0.3) is 0 Å². The molecule has 0 fully saturated rings. The summed E-state index contributed by atoms with van der Waals surface area (Å²) in [4.78, 5) is 14.9. The minimum absolute atomic E-state index is 0.0834. The molecule has 9 heteroatoms. The summed E-state index contributed by atoms with van der Waals surface area (Å²) in [7, 11) is -2.18. The van der Waals surface area contributed by atoms with E-state index in [1.807, 2.05) is 36.5 Å². The van der Waals surface area contributed by atoms with E-state index >= 15 is 0 Å². The van der Waals surface area contributed by atoms with E-state index in [1.54, 1.807) is 52.8 Å². The quantitative estimate of drug-likeness (QED) is 0.587. The molecule has 2 heterocycles. The molecule has 1 amide bonds. The van der Waals surface area contributed by atoms with Crippen molar-refractivity contribution in [3.05, 3.63) is 66.5 Å². The first-order valence-electron chi connectivity index (χ1n) is 9.96. The van der Waals surface area contributed by atoms with Crippen LogP contribution in [-0.4, -0.2) is 47.8 Å². The van der Waals surface area contributed by atoms with Crippen molar-refractivity contribution < 1.29 is 13.2 Å². The highest BCUT2D eigenvalue weighted by Crippen LogP contribution is 2.36. The zero-order valence-corrected chi connectivity index (χ0v) is 19.1. The van der Waals surface area contributed by atoms with E-state index in [1.165, 1.54) is 11.2 Å². The molecular formula is C22H24N4O3S2. The minimum atomic E-state index is -3.74. The molecule has 1 aromatic heterocycles. The van der Waals surface area contributed by atoms with Crippen molar-refractivity contribution in [2.45, 2.75) is 29.7 Å². The Labute approximate surface area is 186 Å². The van der Waals surface area contributed by atoms with Crippen LogP contribution in [0, 0.1) is 0 Å². The summed E-state index contributed by atoms with van der Waals surface area (Å²) < 4.78 is 29.5. The van der Waals surface area contributed by atoms with Crippen LogP contribution in [0.1, 0.15) is 18.9 Å². The highest BCUT2D eigenvalue weighted by molar-refractivity contribution is 7.99. The number of carbonyl (C=O) groups excluding carboxylic acids is 1. The second-order valence-corrected chi connectivity index (χ2v) is 10.6. The molecule has 7 nitrogen and oxygen atoms in total. The normalized spacial score (nSPS) is 14.4. The van der Waals surface area contributed by atoms with Gasteiger partial charge in [-0.3, -0.25) is 4.79 Å². The van der Waals surface area contributed by atoms with Gasteiger partial charge in [-0.1, -0.05) is 18.2 Å². The molecule has 1 aliphatic rings. The number of amides is 1.